The molecule has 0 N–H and O–H groups in total. The number of methoxy groups -OCH3 is 2. The van der Waals surface area contributed by atoms with Gasteiger partial charge in [-0.1, -0.05) is 45.4 Å². The molecule has 4 atom stereocenters. The first-order valence-electron chi connectivity index (χ1n) is 11.2. The lowest BCUT2D eigenvalue weighted by molar-refractivity contribution is -0.129. The van der Waals surface area contributed by atoms with Crippen molar-refractivity contribution in [3.63, 3.8) is 0 Å². The van der Waals surface area contributed by atoms with Crippen LogP contribution in [0.3, 0.4) is 0 Å². The van der Waals surface area contributed by atoms with E-state index in [1.807, 2.05) is 0 Å². The molecule has 0 bridgehead atoms. The third kappa shape index (κ3) is 4.38. The minimum Gasteiger partial charge on any atom is -0.381 e. The quantitative estimate of drug-likeness (QED) is 0.545. The van der Waals surface area contributed by atoms with Gasteiger partial charge in [0.2, 0.25) is 0 Å². The highest BCUT2D eigenvalue weighted by molar-refractivity contribution is 7.81. The summed E-state index contributed by atoms with van der Waals surface area (Å²) in [5, 5.41) is 0. The molecule has 0 aromatic carbocycles. The van der Waals surface area contributed by atoms with Crippen molar-refractivity contribution in [1.82, 2.24) is 0 Å². The molecular weight excluding hydrogens is 359 g/mol. The molecule has 3 aliphatic carbocycles. The Bertz CT molecular complexity index is 514. The number of ether oxygens (including phenoxy) is 2. The van der Waals surface area contributed by atoms with Gasteiger partial charge in [0.1, 0.15) is 0 Å². The SMILES string of the molecule is COC1CC(C)C(C(=O)P(=O)(C2CCCCC2)C2CCCCC2)C(OC)C1. The molecule has 0 saturated heterocycles. The molecular formula is C22H39O4P. The first-order chi connectivity index (χ1) is 13.0. The van der Waals surface area contributed by atoms with E-state index in [0.717, 1.165) is 64.2 Å². The maximum atomic E-state index is 14.6. The van der Waals surface area contributed by atoms with Crippen molar-refractivity contribution in [3.05, 3.63) is 0 Å². The van der Waals surface area contributed by atoms with Gasteiger partial charge >= 0.3 is 0 Å². The summed E-state index contributed by atoms with van der Waals surface area (Å²) >= 11 is 0. The van der Waals surface area contributed by atoms with Crippen LogP contribution in [0.4, 0.5) is 0 Å². The van der Waals surface area contributed by atoms with Crippen LogP contribution in [0.2, 0.25) is 0 Å². The second kappa shape index (κ2) is 9.55. The summed E-state index contributed by atoms with van der Waals surface area (Å²) in [7, 11) is 0.528. The Balaban J connectivity index is 1.90. The fourth-order valence-corrected chi connectivity index (χ4v) is 10.6. The van der Waals surface area contributed by atoms with Gasteiger partial charge in [0.05, 0.1) is 18.1 Å². The fraction of sp³-hybridized carbons (Fsp3) is 0.955. The number of hydrogen-bond donors (Lipinski definition) is 0. The van der Waals surface area contributed by atoms with E-state index in [1.165, 1.54) is 12.8 Å². The molecule has 27 heavy (non-hydrogen) atoms. The van der Waals surface area contributed by atoms with E-state index in [9.17, 15) is 9.36 Å². The van der Waals surface area contributed by atoms with E-state index in [1.54, 1.807) is 14.2 Å². The predicted molar refractivity (Wildman–Crippen MR) is 110 cm³/mol. The van der Waals surface area contributed by atoms with Gasteiger partial charge in [-0.3, -0.25) is 4.79 Å². The van der Waals surface area contributed by atoms with Gasteiger partial charge in [-0.05, 0) is 38.0 Å². The zero-order chi connectivity index (χ0) is 19.4. The predicted octanol–water partition coefficient (Wildman–Crippen LogP) is 5.62. The molecule has 3 rings (SSSR count). The zero-order valence-corrected chi connectivity index (χ0v) is 18.4. The Morgan fingerprint density at radius 2 is 1.33 bits per heavy atom. The lowest BCUT2D eigenvalue weighted by atomic mass is 9.77. The molecule has 0 amide bonds. The Morgan fingerprint density at radius 1 is 0.815 bits per heavy atom. The molecule has 3 fully saturated rings. The van der Waals surface area contributed by atoms with Gasteiger partial charge in [-0.15, -0.1) is 0 Å². The molecule has 0 aromatic heterocycles. The third-order valence-corrected chi connectivity index (χ3v) is 11.8. The van der Waals surface area contributed by atoms with Crippen LogP contribution in [0.15, 0.2) is 0 Å². The standard InChI is InChI=1S/C22H39O4P/c1-16-14-17(25-2)15-20(26-3)21(16)22(23)27(24,18-10-6-4-7-11-18)19-12-8-5-9-13-19/h16-21H,4-15H2,1-3H3. The third-order valence-electron chi connectivity index (χ3n) is 7.64. The van der Waals surface area contributed by atoms with E-state index in [-0.39, 0.29) is 40.9 Å². The van der Waals surface area contributed by atoms with E-state index in [2.05, 4.69) is 6.92 Å². The van der Waals surface area contributed by atoms with Crippen LogP contribution in [0.5, 0.6) is 0 Å². The average Bonchev–Trinajstić information content (AvgIpc) is 2.73. The summed E-state index contributed by atoms with van der Waals surface area (Å²) in [4.78, 5) is 14.0. The average molecular weight is 399 g/mol. The number of carbonyl (C=O) groups excluding carboxylic acids is 1. The second-order valence-electron chi connectivity index (χ2n) is 9.24. The number of hydrogen-bond acceptors (Lipinski definition) is 4. The van der Waals surface area contributed by atoms with E-state index in [4.69, 9.17) is 9.47 Å². The zero-order valence-electron chi connectivity index (χ0n) is 17.5. The maximum absolute atomic E-state index is 14.6. The highest BCUT2D eigenvalue weighted by Gasteiger charge is 2.53. The summed E-state index contributed by atoms with van der Waals surface area (Å²) < 4.78 is 26.0. The van der Waals surface area contributed by atoms with E-state index in [0.29, 0.717) is 0 Å². The smallest absolute Gasteiger partial charge is 0.197 e. The van der Waals surface area contributed by atoms with Crippen LogP contribution >= 0.6 is 7.14 Å². The minimum absolute atomic E-state index is 0.0928. The summed E-state index contributed by atoms with van der Waals surface area (Å²) in [5.41, 5.74) is 0.355. The van der Waals surface area contributed by atoms with E-state index >= 15 is 0 Å². The van der Waals surface area contributed by atoms with Crippen LogP contribution in [0.1, 0.15) is 84.0 Å². The monoisotopic (exact) mass is 398 g/mol. The molecule has 3 saturated carbocycles. The summed E-state index contributed by atoms with van der Waals surface area (Å²) in [6.07, 6.45) is 12.5. The van der Waals surface area contributed by atoms with E-state index < -0.39 is 7.14 Å². The van der Waals surface area contributed by atoms with Crippen molar-refractivity contribution in [2.75, 3.05) is 14.2 Å². The molecule has 5 heteroatoms. The lowest BCUT2D eigenvalue weighted by Gasteiger charge is -2.43. The molecule has 4 unspecified atom stereocenters. The van der Waals surface area contributed by atoms with Crippen molar-refractivity contribution in [2.45, 2.75) is 107 Å². The molecule has 0 radical (unpaired) electrons. The summed E-state index contributed by atoms with van der Waals surface area (Å²) in [5.74, 6) is -0.0576. The van der Waals surface area contributed by atoms with Crippen molar-refractivity contribution in [2.24, 2.45) is 11.8 Å². The van der Waals surface area contributed by atoms with Gasteiger partial charge in [0.25, 0.3) is 0 Å². The Labute approximate surface area is 165 Å². The maximum Gasteiger partial charge on any atom is 0.197 e. The first-order valence-corrected chi connectivity index (χ1v) is 13.1. The fourth-order valence-electron chi connectivity index (χ4n) is 6.09. The highest BCUT2D eigenvalue weighted by atomic mass is 31.2. The molecule has 0 heterocycles. The number of rotatable bonds is 6. The lowest BCUT2D eigenvalue weighted by Crippen LogP contribution is -2.45. The molecule has 0 aliphatic heterocycles. The van der Waals surface area contributed by atoms with Crippen molar-refractivity contribution in [3.8, 4) is 0 Å². The van der Waals surface area contributed by atoms with Gasteiger partial charge in [-0.25, -0.2) is 0 Å². The van der Waals surface area contributed by atoms with Gasteiger partial charge in [0.15, 0.2) is 12.7 Å². The number of carbonyl (C=O) groups is 1. The van der Waals surface area contributed by atoms with Gasteiger partial charge in [0, 0.05) is 32.0 Å². The van der Waals surface area contributed by atoms with Gasteiger partial charge < -0.3 is 14.0 Å². The van der Waals surface area contributed by atoms with Crippen molar-refractivity contribution >= 4 is 12.7 Å². The van der Waals surface area contributed by atoms with Crippen LogP contribution in [-0.2, 0) is 18.8 Å². The van der Waals surface area contributed by atoms with Crippen molar-refractivity contribution in [1.29, 1.82) is 0 Å². The molecule has 3 aliphatic rings. The highest BCUT2D eigenvalue weighted by Crippen LogP contribution is 2.65. The Hall–Kier alpha value is -0.180. The topological polar surface area (TPSA) is 52.6 Å². The van der Waals surface area contributed by atoms with Crippen LogP contribution in [0, 0.1) is 11.8 Å². The minimum atomic E-state index is -2.91. The molecule has 0 spiro atoms. The van der Waals surface area contributed by atoms with Crippen LogP contribution in [0.25, 0.3) is 0 Å². The second-order valence-corrected chi connectivity index (χ2v) is 12.6. The molecule has 0 aromatic rings. The molecule has 4 nitrogen and oxygen atoms in total. The summed E-state index contributed by atoms with van der Waals surface area (Å²) in [6.45, 7) is 2.13. The largest absolute Gasteiger partial charge is 0.381 e. The Morgan fingerprint density at radius 3 is 1.78 bits per heavy atom. The normalized spacial score (nSPS) is 34.5. The Kier molecular flexibility index (Phi) is 7.61. The van der Waals surface area contributed by atoms with Crippen LogP contribution < -0.4 is 0 Å². The van der Waals surface area contributed by atoms with Crippen molar-refractivity contribution < 1.29 is 18.8 Å². The van der Waals surface area contributed by atoms with Gasteiger partial charge in [-0.2, -0.15) is 0 Å². The van der Waals surface area contributed by atoms with Crippen LogP contribution in [-0.4, -0.2) is 43.3 Å². The summed E-state index contributed by atoms with van der Waals surface area (Å²) in [6, 6.07) is 0. The molecule has 156 valence electrons. The first kappa shape index (κ1) is 21.5.